The standard InChI is InChI=1S/C14H17FN4/c1-2-13-18-9-12(17-8-7-16)14(19-13)10-3-5-11(15)6-4-10/h3-6,9,17H,2,7-8,16H2,1H3. The molecule has 0 bridgehead atoms. The number of halogens is 1. The SMILES string of the molecule is CCc1ncc(NCCN)c(-c2ccc(F)cc2)n1. The lowest BCUT2D eigenvalue weighted by Gasteiger charge is -2.11. The monoisotopic (exact) mass is 260 g/mol. The molecule has 0 fully saturated rings. The smallest absolute Gasteiger partial charge is 0.128 e. The lowest BCUT2D eigenvalue weighted by Crippen LogP contribution is -2.14. The summed E-state index contributed by atoms with van der Waals surface area (Å²) in [6.07, 6.45) is 2.51. The normalized spacial score (nSPS) is 10.5. The van der Waals surface area contributed by atoms with Gasteiger partial charge in [0.25, 0.3) is 0 Å². The van der Waals surface area contributed by atoms with Crippen LogP contribution in [0.25, 0.3) is 11.3 Å². The Morgan fingerprint density at radius 3 is 2.63 bits per heavy atom. The quantitative estimate of drug-likeness (QED) is 0.865. The average Bonchev–Trinajstić information content (AvgIpc) is 2.46. The number of aryl methyl sites for hydroxylation is 1. The molecule has 0 amide bonds. The summed E-state index contributed by atoms with van der Waals surface area (Å²) in [5.41, 5.74) is 7.94. The van der Waals surface area contributed by atoms with Gasteiger partial charge in [0, 0.05) is 25.1 Å². The summed E-state index contributed by atoms with van der Waals surface area (Å²) in [4.78, 5) is 8.77. The van der Waals surface area contributed by atoms with Gasteiger partial charge in [0.1, 0.15) is 11.6 Å². The van der Waals surface area contributed by atoms with E-state index in [-0.39, 0.29) is 5.82 Å². The van der Waals surface area contributed by atoms with Crippen molar-refractivity contribution >= 4 is 5.69 Å². The van der Waals surface area contributed by atoms with Gasteiger partial charge in [0.2, 0.25) is 0 Å². The molecule has 2 rings (SSSR count). The largest absolute Gasteiger partial charge is 0.381 e. The average molecular weight is 260 g/mol. The Labute approximate surface area is 111 Å². The van der Waals surface area contributed by atoms with Gasteiger partial charge in [-0.3, -0.25) is 0 Å². The van der Waals surface area contributed by atoms with E-state index >= 15 is 0 Å². The Morgan fingerprint density at radius 1 is 1.26 bits per heavy atom. The number of hydrogen-bond donors (Lipinski definition) is 2. The van der Waals surface area contributed by atoms with Gasteiger partial charge >= 0.3 is 0 Å². The van der Waals surface area contributed by atoms with Gasteiger partial charge < -0.3 is 11.1 Å². The van der Waals surface area contributed by atoms with Crippen LogP contribution in [0, 0.1) is 5.82 Å². The minimum atomic E-state index is -0.259. The molecule has 0 spiro atoms. The van der Waals surface area contributed by atoms with Gasteiger partial charge in [-0.25, -0.2) is 14.4 Å². The molecule has 0 atom stereocenters. The molecule has 1 heterocycles. The predicted octanol–water partition coefficient (Wildman–Crippen LogP) is 2.22. The van der Waals surface area contributed by atoms with Crippen LogP contribution in [-0.2, 0) is 6.42 Å². The minimum Gasteiger partial charge on any atom is -0.381 e. The summed E-state index contributed by atoms with van der Waals surface area (Å²) < 4.78 is 13.0. The molecule has 1 aromatic heterocycles. The molecule has 3 N–H and O–H groups in total. The van der Waals surface area contributed by atoms with E-state index in [1.165, 1.54) is 12.1 Å². The number of hydrogen-bond acceptors (Lipinski definition) is 4. The summed E-state index contributed by atoms with van der Waals surface area (Å²) in [5.74, 6) is 0.502. The first-order valence-electron chi connectivity index (χ1n) is 6.30. The molecule has 1 aromatic carbocycles. The Morgan fingerprint density at radius 2 is 2.00 bits per heavy atom. The van der Waals surface area contributed by atoms with Crippen molar-refractivity contribution in [1.82, 2.24) is 9.97 Å². The number of benzene rings is 1. The molecule has 2 aromatic rings. The highest BCUT2D eigenvalue weighted by atomic mass is 19.1. The maximum Gasteiger partial charge on any atom is 0.128 e. The van der Waals surface area contributed by atoms with E-state index in [0.29, 0.717) is 13.1 Å². The van der Waals surface area contributed by atoms with Gasteiger partial charge in [0.15, 0.2) is 0 Å². The zero-order chi connectivity index (χ0) is 13.7. The first-order chi connectivity index (χ1) is 9.24. The fraction of sp³-hybridized carbons (Fsp3) is 0.286. The summed E-state index contributed by atoms with van der Waals surface area (Å²) in [5, 5.41) is 3.18. The second-order valence-corrected chi connectivity index (χ2v) is 4.12. The van der Waals surface area contributed by atoms with Gasteiger partial charge in [-0.1, -0.05) is 6.92 Å². The summed E-state index contributed by atoms with van der Waals surface area (Å²) >= 11 is 0. The van der Waals surface area contributed by atoms with Gasteiger partial charge in [0.05, 0.1) is 17.6 Å². The lowest BCUT2D eigenvalue weighted by atomic mass is 10.1. The van der Waals surface area contributed by atoms with E-state index in [9.17, 15) is 4.39 Å². The fourth-order valence-corrected chi connectivity index (χ4v) is 1.75. The maximum absolute atomic E-state index is 13.0. The van der Waals surface area contributed by atoms with E-state index in [1.807, 2.05) is 6.92 Å². The third-order valence-electron chi connectivity index (χ3n) is 2.73. The number of rotatable bonds is 5. The highest BCUT2D eigenvalue weighted by molar-refractivity contribution is 5.73. The fourth-order valence-electron chi connectivity index (χ4n) is 1.75. The molecule has 5 heteroatoms. The van der Waals surface area contributed by atoms with Crippen molar-refractivity contribution in [2.45, 2.75) is 13.3 Å². The van der Waals surface area contributed by atoms with Crippen molar-refractivity contribution in [3.63, 3.8) is 0 Å². The Balaban J connectivity index is 2.42. The van der Waals surface area contributed by atoms with Crippen molar-refractivity contribution in [2.75, 3.05) is 18.4 Å². The van der Waals surface area contributed by atoms with Crippen molar-refractivity contribution < 1.29 is 4.39 Å². The highest BCUT2D eigenvalue weighted by Crippen LogP contribution is 2.25. The highest BCUT2D eigenvalue weighted by Gasteiger charge is 2.09. The van der Waals surface area contributed by atoms with E-state index in [2.05, 4.69) is 15.3 Å². The van der Waals surface area contributed by atoms with E-state index in [1.54, 1.807) is 18.3 Å². The topological polar surface area (TPSA) is 63.8 Å². The Hall–Kier alpha value is -2.01. The third kappa shape index (κ3) is 3.26. The summed E-state index contributed by atoms with van der Waals surface area (Å²) in [6, 6.07) is 6.28. The number of anilines is 1. The molecule has 0 saturated heterocycles. The first-order valence-corrected chi connectivity index (χ1v) is 6.30. The molecule has 0 unspecified atom stereocenters. The Bertz CT molecular complexity index is 540. The predicted molar refractivity (Wildman–Crippen MR) is 74.3 cm³/mol. The molecular formula is C14H17FN4. The number of nitrogens with one attached hydrogen (secondary N) is 1. The van der Waals surface area contributed by atoms with Gasteiger partial charge in [-0.2, -0.15) is 0 Å². The van der Waals surface area contributed by atoms with Crippen molar-refractivity contribution in [2.24, 2.45) is 5.73 Å². The van der Waals surface area contributed by atoms with Crippen LogP contribution in [0.1, 0.15) is 12.7 Å². The van der Waals surface area contributed by atoms with Crippen LogP contribution in [0.5, 0.6) is 0 Å². The number of aromatic nitrogens is 2. The zero-order valence-electron chi connectivity index (χ0n) is 10.9. The van der Waals surface area contributed by atoms with Crippen LogP contribution in [0.2, 0.25) is 0 Å². The molecule has 100 valence electrons. The van der Waals surface area contributed by atoms with Crippen molar-refractivity contribution in [3.8, 4) is 11.3 Å². The molecule has 4 nitrogen and oxygen atoms in total. The van der Waals surface area contributed by atoms with Crippen LogP contribution in [-0.4, -0.2) is 23.1 Å². The van der Waals surface area contributed by atoms with E-state index in [0.717, 1.165) is 29.2 Å². The minimum absolute atomic E-state index is 0.259. The summed E-state index contributed by atoms with van der Waals surface area (Å²) in [6.45, 7) is 3.16. The van der Waals surface area contributed by atoms with Crippen molar-refractivity contribution in [1.29, 1.82) is 0 Å². The van der Waals surface area contributed by atoms with Crippen LogP contribution in [0.4, 0.5) is 10.1 Å². The third-order valence-corrected chi connectivity index (χ3v) is 2.73. The van der Waals surface area contributed by atoms with Crippen LogP contribution in [0.3, 0.4) is 0 Å². The first kappa shape index (κ1) is 13.4. The molecule has 0 aliphatic rings. The maximum atomic E-state index is 13.0. The van der Waals surface area contributed by atoms with Crippen LogP contribution >= 0.6 is 0 Å². The van der Waals surface area contributed by atoms with Gasteiger partial charge in [-0.05, 0) is 24.3 Å². The van der Waals surface area contributed by atoms with E-state index in [4.69, 9.17) is 5.73 Å². The van der Waals surface area contributed by atoms with E-state index < -0.39 is 0 Å². The lowest BCUT2D eigenvalue weighted by molar-refractivity contribution is 0.628. The van der Waals surface area contributed by atoms with Gasteiger partial charge in [-0.15, -0.1) is 0 Å². The molecule has 0 radical (unpaired) electrons. The molecule has 19 heavy (non-hydrogen) atoms. The number of nitrogens with two attached hydrogens (primary N) is 1. The molecule has 0 saturated carbocycles. The zero-order valence-corrected chi connectivity index (χ0v) is 10.9. The second kappa shape index (κ2) is 6.24. The van der Waals surface area contributed by atoms with Crippen LogP contribution in [0.15, 0.2) is 30.5 Å². The summed E-state index contributed by atoms with van der Waals surface area (Å²) in [7, 11) is 0. The Kier molecular flexibility index (Phi) is 4.41. The molecule has 0 aliphatic heterocycles. The van der Waals surface area contributed by atoms with Crippen molar-refractivity contribution in [3.05, 3.63) is 42.1 Å². The number of nitrogens with zero attached hydrogens (tertiary/aromatic N) is 2. The molecular weight excluding hydrogens is 243 g/mol. The second-order valence-electron chi connectivity index (χ2n) is 4.12. The molecule has 0 aliphatic carbocycles. The van der Waals surface area contributed by atoms with Crippen LogP contribution < -0.4 is 11.1 Å².